The largest absolute Gasteiger partial charge is 0.349 e. The van der Waals surface area contributed by atoms with Crippen molar-refractivity contribution in [2.24, 2.45) is 0 Å². The van der Waals surface area contributed by atoms with Crippen LogP contribution in [0.25, 0.3) is 0 Å². The molecule has 1 N–H and O–H groups in total. The number of rotatable bonds is 2. The monoisotopic (exact) mass is 329 g/mol. The SMILES string of the molecule is O=C(NC1CCc2ccccc2C1)c1ccc(Br)cc1. The number of halogens is 1. The highest BCUT2D eigenvalue weighted by atomic mass is 79.9. The molecule has 1 atom stereocenters. The van der Waals surface area contributed by atoms with Crippen LogP contribution in [0.15, 0.2) is 53.0 Å². The Morgan fingerprint density at radius 2 is 1.75 bits per heavy atom. The minimum Gasteiger partial charge on any atom is -0.349 e. The Labute approximate surface area is 127 Å². The van der Waals surface area contributed by atoms with Crippen molar-refractivity contribution in [2.75, 3.05) is 0 Å². The van der Waals surface area contributed by atoms with Gasteiger partial charge >= 0.3 is 0 Å². The van der Waals surface area contributed by atoms with Gasteiger partial charge in [-0.3, -0.25) is 4.79 Å². The molecule has 0 radical (unpaired) electrons. The van der Waals surface area contributed by atoms with Crippen molar-refractivity contribution in [3.63, 3.8) is 0 Å². The van der Waals surface area contributed by atoms with E-state index in [9.17, 15) is 4.79 Å². The molecule has 0 spiro atoms. The minimum absolute atomic E-state index is 0.0156. The van der Waals surface area contributed by atoms with Gasteiger partial charge in [-0.25, -0.2) is 0 Å². The fourth-order valence-corrected chi connectivity index (χ4v) is 2.96. The quantitative estimate of drug-likeness (QED) is 0.893. The van der Waals surface area contributed by atoms with E-state index in [2.05, 4.69) is 45.5 Å². The van der Waals surface area contributed by atoms with Crippen molar-refractivity contribution in [1.82, 2.24) is 5.32 Å². The van der Waals surface area contributed by atoms with Gasteiger partial charge < -0.3 is 5.32 Å². The second-order valence-corrected chi connectivity index (χ2v) is 6.10. The van der Waals surface area contributed by atoms with E-state index in [1.807, 2.05) is 24.3 Å². The molecule has 1 aliphatic rings. The molecule has 0 saturated heterocycles. The number of aryl methyl sites for hydroxylation is 1. The van der Waals surface area contributed by atoms with Gasteiger partial charge in [0.25, 0.3) is 5.91 Å². The lowest BCUT2D eigenvalue weighted by molar-refractivity contribution is 0.0933. The molecule has 102 valence electrons. The minimum atomic E-state index is 0.0156. The molecule has 2 aromatic rings. The summed E-state index contributed by atoms with van der Waals surface area (Å²) in [6.45, 7) is 0. The number of amides is 1. The standard InChI is InChI=1S/C17H16BrNO/c18-15-8-5-13(6-9-15)17(20)19-16-10-7-12-3-1-2-4-14(12)11-16/h1-6,8-9,16H,7,10-11H2,(H,19,20). The summed E-state index contributed by atoms with van der Waals surface area (Å²) in [6, 6.07) is 16.2. The van der Waals surface area contributed by atoms with Crippen LogP contribution in [0.1, 0.15) is 27.9 Å². The fraction of sp³-hybridized carbons (Fsp3) is 0.235. The molecule has 2 nitrogen and oxygen atoms in total. The van der Waals surface area contributed by atoms with Crippen LogP contribution in [0.4, 0.5) is 0 Å². The summed E-state index contributed by atoms with van der Waals surface area (Å²) < 4.78 is 0.987. The highest BCUT2D eigenvalue weighted by Gasteiger charge is 2.20. The highest BCUT2D eigenvalue weighted by molar-refractivity contribution is 9.10. The molecule has 1 aliphatic carbocycles. The molecule has 0 heterocycles. The third-order valence-electron chi connectivity index (χ3n) is 3.79. The Balaban J connectivity index is 1.67. The maximum atomic E-state index is 12.2. The van der Waals surface area contributed by atoms with Crippen LogP contribution in [-0.2, 0) is 12.8 Å². The second kappa shape index (κ2) is 5.80. The summed E-state index contributed by atoms with van der Waals surface area (Å²) in [4.78, 5) is 12.2. The van der Waals surface area contributed by atoms with Crippen molar-refractivity contribution in [2.45, 2.75) is 25.3 Å². The number of hydrogen-bond acceptors (Lipinski definition) is 1. The van der Waals surface area contributed by atoms with E-state index in [4.69, 9.17) is 0 Å². The first-order valence-electron chi connectivity index (χ1n) is 6.85. The molecule has 0 bridgehead atoms. The van der Waals surface area contributed by atoms with Crippen molar-refractivity contribution < 1.29 is 4.79 Å². The Morgan fingerprint density at radius 1 is 1.05 bits per heavy atom. The lowest BCUT2D eigenvalue weighted by atomic mass is 9.88. The first kappa shape index (κ1) is 13.4. The average Bonchev–Trinajstić information content (AvgIpc) is 2.48. The third-order valence-corrected chi connectivity index (χ3v) is 4.32. The van der Waals surface area contributed by atoms with Crippen molar-refractivity contribution in [3.8, 4) is 0 Å². The van der Waals surface area contributed by atoms with Crippen LogP contribution in [0.5, 0.6) is 0 Å². The van der Waals surface area contributed by atoms with E-state index in [0.29, 0.717) is 5.56 Å². The van der Waals surface area contributed by atoms with Crippen LogP contribution in [0.2, 0.25) is 0 Å². The van der Waals surface area contributed by atoms with Crippen molar-refractivity contribution in [3.05, 3.63) is 69.7 Å². The number of benzene rings is 2. The van der Waals surface area contributed by atoms with Crippen LogP contribution in [0, 0.1) is 0 Å². The molecule has 0 aromatic heterocycles. The van der Waals surface area contributed by atoms with Gasteiger partial charge in [0.05, 0.1) is 0 Å². The Morgan fingerprint density at radius 3 is 2.50 bits per heavy atom. The average molecular weight is 330 g/mol. The molecule has 1 amide bonds. The molecule has 0 saturated carbocycles. The molecular formula is C17H16BrNO. The van der Waals surface area contributed by atoms with Crippen LogP contribution in [0.3, 0.4) is 0 Å². The van der Waals surface area contributed by atoms with Crippen molar-refractivity contribution in [1.29, 1.82) is 0 Å². The van der Waals surface area contributed by atoms with Gasteiger partial charge in [-0.2, -0.15) is 0 Å². The summed E-state index contributed by atoms with van der Waals surface area (Å²) >= 11 is 3.38. The molecule has 0 aliphatic heterocycles. The van der Waals surface area contributed by atoms with E-state index < -0.39 is 0 Å². The van der Waals surface area contributed by atoms with Gasteiger partial charge in [0.15, 0.2) is 0 Å². The van der Waals surface area contributed by atoms with Crippen LogP contribution >= 0.6 is 15.9 Å². The predicted octanol–water partition coefficient (Wildman–Crippen LogP) is 3.74. The van der Waals surface area contributed by atoms with E-state index in [0.717, 1.165) is 23.7 Å². The van der Waals surface area contributed by atoms with E-state index in [1.165, 1.54) is 11.1 Å². The molecule has 20 heavy (non-hydrogen) atoms. The molecule has 0 fully saturated rings. The number of carbonyl (C=O) groups is 1. The summed E-state index contributed by atoms with van der Waals surface area (Å²) in [5.41, 5.74) is 3.49. The smallest absolute Gasteiger partial charge is 0.251 e. The van der Waals surface area contributed by atoms with E-state index >= 15 is 0 Å². The van der Waals surface area contributed by atoms with Gasteiger partial charge in [0.1, 0.15) is 0 Å². The topological polar surface area (TPSA) is 29.1 Å². The number of nitrogens with one attached hydrogen (secondary N) is 1. The third kappa shape index (κ3) is 2.93. The first-order valence-corrected chi connectivity index (χ1v) is 7.65. The highest BCUT2D eigenvalue weighted by Crippen LogP contribution is 2.21. The number of fused-ring (bicyclic) bond motifs is 1. The fourth-order valence-electron chi connectivity index (χ4n) is 2.69. The number of hydrogen-bond donors (Lipinski definition) is 1. The van der Waals surface area contributed by atoms with Gasteiger partial charge in [-0.15, -0.1) is 0 Å². The molecule has 3 rings (SSSR count). The predicted molar refractivity (Wildman–Crippen MR) is 83.9 cm³/mol. The van der Waals surface area contributed by atoms with Gasteiger partial charge in [0, 0.05) is 16.1 Å². The zero-order valence-corrected chi connectivity index (χ0v) is 12.7. The summed E-state index contributed by atoms with van der Waals surface area (Å²) in [6.07, 6.45) is 2.99. The molecular weight excluding hydrogens is 314 g/mol. The molecule has 2 aromatic carbocycles. The van der Waals surface area contributed by atoms with Crippen molar-refractivity contribution >= 4 is 21.8 Å². The molecule has 3 heteroatoms. The lowest BCUT2D eigenvalue weighted by Gasteiger charge is -2.25. The molecule has 1 unspecified atom stereocenters. The van der Waals surface area contributed by atoms with Gasteiger partial charge in [-0.05, 0) is 54.7 Å². The Kier molecular flexibility index (Phi) is 3.88. The van der Waals surface area contributed by atoms with E-state index in [-0.39, 0.29) is 11.9 Å². The maximum absolute atomic E-state index is 12.2. The maximum Gasteiger partial charge on any atom is 0.251 e. The Bertz CT molecular complexity index is 621. The number of carbonyl (C=O) groups excluding carboxylic acids is 1. The first-order chi connectivity index (χ1) is 9.72. The normalized spacial score (nSPS) is 17.4. The second-order valence-electron chi connectivity index (χ2n) is 5.19. The van der Waals surface area contributed by atoms with Gasteiger partial charge in [0.2, 0.25) is 0 Å². The van der Waals surface area contributed by atoms with E-state index in [1.54, 1.807) is 0 Å². The summed E-state index contributed by atoms with van der Waals surface area (Å²) in [5, 5.41) is 3.14. The lowest BCUT2D eigenvalue weighted by Crippen LogP contribution is -2.38. The van der Waals surface area contributed by atoms with Crippen LogP contribution in [-0.4, -0.2) is 11.9 Å². The zero-order valence-electron chi connectivity index (χ0n) is 11.1. The van der Waals surface area contributed by atoms with Crippen LogP contribution < -0.4 is 5.32 Å². The van der Waals surface area contributed by atoms with Gasteiger partial charge in [-0.1, -0.05) is 40.2 Å². The Hall–Kier alpha value is -1.61. The summed E-state index contributed by atoms with van der Waals surface area (Å²) in [7, 11) is 0. The zero-order chi connectivity index (χ0) is 13.9. The summed E-state index contributed by atoms with van der Waals surface area (Å²) in [5.74, 6) is 0.0156.